The molecule has 2 aromatic carbocycles. The number of nitrogens with zero attached hydrogens (tertiary/aromatic N) is 1. The third kappa shape index (κ3) is 5.57. The van der Waals surface area contributed by atoms with Crippen LogP contribution in [0.1, 0.15) is 43.0 Å². The first-order chi connectivity index (χ1) is 16.9. The summed E-state index contributed by atoms with van der Waals surface area (Å²) in [5.74, 6) is 0.544. The van der Waals surface area contributed by atoms with E-state index in [9.17, 15) is 14.4 Å². The van der Waals surface area contributed by atoms with Gasteiger partial charge in [-0.1, -0.05) is 19.1 Å². The maximum absolute atomic E-state index is 13.3. The van der Waals surface area contributed by atoms with Gasteiger partial charge in [0.25, 0.3) is 5.91 Å². The van der Waals surface area contributed by atoms with E-state index in [1.165, 1.54) is 0 Å². The molecule has 0 unspecified atom stereocenters. The third-order valence-corrected chi connectivity index (χ3v) is 6.41. The molecule has 0 saturated carbocycles. The van der Waals surface area contributed by atoms with Crippen molar-refractivity contribution in [2.24, 2.45) is 0 Å². The lowest BCUT2D eigenvalue weighted by Gasteiger charge is -2.42. The SMILES string of the molecule is CCC(=O)Nc1ccc2c(c1)C(=O)N(C)[C@H]1CC[C@H](CC(=O)Nc3ccccc3OC)O[C@@H]1CO2. The Morgan fingerprint density at radius 1 is 1.11 bits per heavy atom. The number of hydrogen-bond acceptors (Lipinski definition) is 6. The van der Waals surface area contributed by atoms with Crippen molar-refractivity contribution in [2.45, 2.75) is 50.9 Å². The molecule has 1 saturated heterocycles. The van der Waals surface area contributed by atoms with Crippen molar-refractivity contribution in [1.29, 1.82) is 0 Å². The number of methoxy groups -OCH3 is 1. The van der Waals surface area contributed by atoms with Gasteiger partial charge in [-0.25, -0.2) is 0 Å². The summed E-state index contributed by atoms with van der Waals surface area (Å²) < 4.78 is 17.5. The zero-order valence-corrected chi connectivity index (χ0v) is 20.2. The molecule has 2 aliphatic rings. The standard InChI is InChI=1S/C26H31N3O6/c1-4-24(30)27-16-9-12-21-18(13-16)26(32)29(2)20-11-10-17(35-23(20)15-34-21)14-25(31)28-19-7-5-6-8-22(19)33-3/h5-9,12-13,17,20,23H,4,10-11,14-15H2,1-3H3,(H,27,30)(H,28,31)/t17-,20+,23-/m1/s1. The van der Waals surface area contributed by atoms with E-state index in [1.54, 1.807) is 56.3 Å². The minimum Gasteiger partial charge on any atom is -0.495 e. The van der Waals surface area contributed by atoms with Crippen molar-refractivity contribution in [1.82, 2.24) is 4.90 Å². The molecular formula is C26H31N3O6. The van der Waals surface area contributed by atoms with Gasteiger partial charge in [0, 0.05) is 19.2 Å². The van der Waals surface area contributed by atoms with Gasteiger partial charge in [-0.2, -0.15) is 0 Å². The molecule has 2 heterocycles. The Labute approximate surface area is 204 Å². The second kappa shape index (κ2) is 10.8. The number of anilines is 2. The van der Waals surface area contributed by atoms with E-state index in [0.29, 0.717) is 47.7 Å². The van der Waals surface area contributed by atoms with E-state index in [0.717, 1.165) is 0 Å². The molecule has 1 fully saturated rings. The molecular weight excluding hydrogens is 450 g/mol. The lowest BCUT2D eigenvalue weighted by atomic mass is 9.94. The van der Waals surface area contributed by atoms with Gasteiger partial charge in [-0.3, -0.25) is 14.4 Å². The first kappa shape index (κ1) is 24.5. The number of benzene rings is 2. The highest BCUT2D eigenvalue weighted by Crippen LogP contribution is 2.33. The van der Waals surface area contributed by atoms with E-state index >= 15 is 0 Å². The van der Waals surface area contributed by atoms with Gasteiger partial charge >= 0.3 is 0 Å². The monoisotopic (exact) mass is 481 g/mol. The molecule has 35 heavy (non-hydrogen) atoms. The number of carbonyl (C=O) groups excluding carboxylic acids is 3. The molecule has 0 bridgehead atoms. The third-order valence-electron chi connectivity index (χ3n) is 6.41. The Kier molecular flexibility index (Phi) is 7.55. The van der Waals surface area contributed by atoms with Gasteiger partial charge < -0.3 is 29.7 Å². The van der Waals surface area contributed by atoms with E-state index in [2.05, 4.69) is 10.6 Å². The summed E-state index contributed by atoms with van der Waals surface area (Å²) in [5.41, 5.74) is 1.57. The van der Waals surface area contributed by atoms with Crippen LogP contribution in [0.5, 0.6) is 11.5 Å². The molecule has 9 nitrogen and oxygen atoms in total. The van der Waals surface area contributed by atoms with Crippen LogP contribution in [0.25, 0.3) is 0 Å². The number of amides is 3. The molecule has 0 aromatic heterocycles. The maximum Gasteiger partial charge on any atom is 0.257 e. The van der Waals surface area contributed by atoms with Crippen LogP contribution in [-0.2, 0) is 14.3 Å². The maximum atomic E-state index is 13.3. The Hall–Kier alpha value is -3.59. The van der Waals surface area contributed by atoms with Crippen molar-refractivity contribution < 1.29 is 28.6 Å². The average molecular weight is 482 g/mol. The number of nitrogens with one attached hydrogen (secondary N) is 2. The van der Waals surface area contributed by atoms with Crippen molar-refractivity contribution >= 4 is 29.1 Å². The molecule has 0 radical (unpaired) electrons. The number of likely N-dealkylation sites (N-methyl/N-ethyl adjacent to an activating group) is 1. The number of hydrogen-bond donors (Lipinski definition) is 2. The second-order valence-electron chi connectivity index (χ2n) is 8.73. The van der Waals surface area contributed by atoms with E-state index in [1.807, 2.05) is 12.1 Å². The van der Waals surface area contributed by atoms with Gasteiger partial charge in [-0.15, -0.1) is 0 Å². The molecule has 2 N–H and O–H groups in total. The van der Waals surface area contributed by atoms with Gasteiger partial charge in [0.2, 0.25) is 11.8 Å². The fourth-order valence-electron chi connectivity index (χ4n) is 4.51. The Bertz CT molecular complexity index is 1100. The fraction of sp³-hybridized carbons (Fsp3) is 0.423. The van der Waals surface area contributed by atoms with Gasteiger partial charge in [-0.05, 0) is 43.2 Å². The minimum atomic E-state index is -0.366. The zero-order valence-electron chi connectivity index (χ0n) is 20.2. The topological polar surface area (TPSA) is 106 Å². The molecule has 3 amide bonds. The summed E-state index contributed by atoms with van der Waals surface area (Å²) in [5, 5.41) is 5.67. The molecule has 186 valence electrons. The summed E-state index contributed by atoms with van der Waals surface area (Å²) in [4.78, 5) is 39.4. The van der Waals surface area contributed by atoms with Crippen LogP contribution >= 0.6 is 0 Å². The molecule has 0 aliphatic carbocycles. The molecule has 9 heteroatoms. The van der Waals surface area contributed by atoms with E-state index in [4.69, 9.17) is 14.2 Å². The zero-order chi connectivity index (χ0) is 24.9. The number of fused-ring (bicyclic) bond motifs is 2. The average Bonchev–Trinajstić information content (AvgIpc) is 2.86. The highest BCUT2D eigenvalue weighted by molar-refractivity contribution is 5.99. The number of rotatable bonds is 6. The van der Waals surface area contributed by atoms with Crippen LogP contribution < -0.4 is 20.1 Å². The smallest absolute Gasteiger partial charge is 0.257 e. The second-order valence-corrected chi connectivity index (χ2v) is 8.73. The largest absolute Gasteiger partial charge is 0.495 e. The van der Waals surface area contributed by atoms with Crippen molar-refractivity contribution in [3.8, 4) is 11.5 Å². The summed E-state index contributed by atoms with van der Waals surface area (Å²) in [6.07, 6.45) is 1.21. The lowest BCUT2D eigenvalue weighted by molar-refractivity contribution is -0.130. The summed E-state index contributed by atoms with van der Waals surface area (Å²) in [7, 11) is 3.31. The van der Waals surface area contributed by atoms with Gasteiger partial charge in [0.1, 0.15) is 24.2 Å². The normalized spacial score (nSPS) is 21.5. The quantitative estimate of drug-likeness (QED) is 0.655. The predicted octanol–water partition coefficient (Wildman–Crippen LogP) is 3.45. The molecule has 2 aliphatic heterocycles. The highest BCUT2D eigenvalue weighted by Gasteiger charge is 2.39. The first-order valence-corrected chi connectivity index (χ1v) is 11.8. The van der Waals surface area contributed by atoms with Crippen LogP contribution in [-0.4, -0.2) is 61.6 Å². The Balaban J connectivity index is 1.43. The number of ether oxygens (including phenoxy) is 3. The molecule has 0 spiro atoms. The van der Waals surface area contributed by atoms with Crippen LogP contribution in [0.3, 0.4) is 0 Å². The van der Waals surface area contributed by atoms with Crippen LogP contribution in [0.4, 0.5) is 11.4 Å². The summed E-state index contributed by atoms with van der Waals surface area (Å²) >= 11 is 0. The molecule has 4 rings (SSSR count). The van der Waals surface area contributed by atoms with Crippen molar-refractivity contribution in [3.63, 3.8) is 0 Å². The predicted molar refractivity (Wildman–Crippen MR) is 131 cm³/mol. The Morgan fingerprint density at radius 3 is 2.69 bits per heavy atom. The fourth-order valence-corrected chi connectivity index (χ4v) is 4.51. The minimum absolute atomic E-state index is 0.126. The van der Waals surface area contributed by atoms with E-state index in [-0.39, 0.29) is 49.0 Å². The van der Waals surface area contributed by atoms with Gasteiger partial charge in [0.05, 0.1) is 36.9 Å². The van der Waals surface area contributed by atoms with Crippen molar-refractivity contribution in [3.05, 3.63) is 48.0 Å². The highest BCUT2D eigenvalue weighted by atomic mass is 16.5. The molecule has 3 atom stereocenters. The summed E-state index contributed by atoms with van der Waals surface area (Å²) in [6.45, 7) is 2.02. The van der Waals surface area contributed by atoms with Crippen LogP contribution in [0, 0.1) is 0 Å². The van der Waals surface area contributed by atoms with Crippen molar-refractivity contribution in [2.75, 3.05) is 31.4 Å². The van der Waals surface area contributed by atoms with Gasteiger partial charge in [0.15, 0.2) is 0 Å². The Morgan fingerprint density at radius 2 is 1.91 bits per heavy atom. The number of para-hydroxylation sites is 2. The first-order valence-electron chi connectivity index (χ1n) is 11.8. The summed E-state index contributed by atoms with van der Waals surface area (Å²) in [6, 6.07) is 12.1. The lowest BCUT2D eigenvalue weighted by Crippen LogP contribution is -2.53. The van der Waals surface area contributed by atoms with Crippen LogP contribution in [0.2, 0.25) is 0 Å². The molecule has 2 aromatic rings. The van der Waals surface area contributed by atoms with Crippen LogP contribution in [0.15, 0.2) is 42.5 Å². The number of carbonyl (C=O) groups is 3. The van der Waals surface area contributed by atoms with E-state index < -0.39 is 0 Å².